The Labute approximate surface area is 166 Å². The fraction of sp³-hybridized carbons (Fsp3) is 0.474. The number of halogens is 3. The molecule has 1 atom stereocenters. The molecule has 0 amide bonds. The van der Waals surface area contributed by atoms with Gasteiger partial charge < -0.3 is 15.3 Å². The lowest BCUT2D eigenvalue weighted by atomic mass is 10.0. The van der Waals surface area contributed by atoms with Crippen LogP contribution in [0.5, 0.6) is 0 Å². The topological polar surface area (TPSA) is 61.3 Å². The molecule has 9 heteroatoms. The summed E-state index contributed by atoms with van der Waals surface area (Å²) in [4.78, 5) is 10.8. The summed E-state index contributed by atoms with van der Waals surface area (Å²) in [6.45, 7) is 2.12. The number of β-amino-alcohol motifs (C(OH)–C–C–N with tert-alkyl or cyclic N) is 1. The molecular formula is C19H23F3N4OS. The fourth-order valence-electron chi connectivity index (χ4n) is 3.09. The second-order valence-corrected chi connectivity index (χ2v) is 7.85. The van der Waals surface area contributed by atoms with E-state index in [4.69, 9.17) is 0 Å². The molecule has 152 valence electrons. The van der Waals surface area contributed by atoms with Crippen molar-refractivity contribution >= 4 is 17.7 Å². The van der Waals surface area contributed by atoms with Crippen LogP contribution in [0.15, 0.2) is 47.5 Å². The first-order valence-electron chi connectivity index (χ1n) is 9.15. The van der Waals surface area contributed by atoms with Crippen LogP contribution in [0.3, 0.4) is 0 Å². The molecule has 1 aliphatic heterocycles. The van der Waals surface area contributed by atoms with Crippen molar-refractivity contribution in [2.24, 2.45) is 0 Å². The zero-order valence-corrected chi connectivity index (χ0v) is 16.1. The van der Waals surface area contributed by atoms with E-state index in [1.54, 1.807) is 11.8 Å². The van der Waals surface area contributed by atoms with E-state index < -0.39 is 18.0 Å². The highest BCUT2D eigenvalue weighted by molar-refractivity contribution is 7.99. The SMILES string of the molecule is O[C@@H](CSc1ccccc1)CN1CCC(Nc2nccc(C(F)(F)F)n2)CC1. The van der Waals surface area contributed by atoms with E-state index in [-0.39, 0.29) is 12.0 Å². The van der Waals surface area contributed by atoms with Gasteiger partial charge in [0, 0.05) is 42.5 Å². The van der Waals surface area contributed by atoms with Crippen LogP contribution in [0.1, 0.15) is 18.5 Å². The summed E-state index contributed by atoms with van der Waals surface area (Å²) >= 11 is 1.63. The minimum Gasteiger partial charge on any atom is -0.391 e. The summed E-state index contributed by atoms with van der Waals surface area (Å²) in [5.41, 5.74) is -0.943. The summed E-state index contributed by atoms with van der Waals surface area (Å²) in [6.07, 6.45) is -2.26. The Balaban J connectivity index is 1.41. The molecular weight excluding hydrogens is 389 g/mol. The molecule has 1 aromatic heterocycles. The Kier molecular flexibility index (Phi) is 7.14. The van der Waals surface area contributed by atoms with Crippen LogP contribution in [-0.2, 0) is 6.18 Å². The van der Waals surface area contributed by atoms with E-state index in [2.05, 4.69) is 20.2 Å². The molecule has 0 radical (unpaired) electrons. The lowest BCUT2D eigenvalue weighted by molar-refractivity contribution is -0.141. The number of thioether (sulfide) groups is 1. The molecule has 0 saturated carbocycles. The number of aliphatic hydroxyl groups excluding tert-OH is 1. The number of nitrogens with zero attached hydrogens (tertiary/aromatic N) is 3. The van der Waals surface area contributed by atoms with Crippen LogP contribution < -0.4 is 5.32 Å². The van der Waals surface area contributed by atoms with Gasteiger partial charge in [-0.1, -0.05) is 18.2 Å². The number of alkyl halides is 3. The number of hydrogen-bond acceptors (Lipinski definition) is 6. The molecule has 0 aliphatic carbocycles. The smallest absolute Gasteiger partial charge is 0.391 e. The summed E-state index contributed by atoms with van der Waals surface area (Å²) in [5, 5.41) is 13.3. The van der Waals surface area contributed by atoms with E-state index in [0.29, 0.717) is 12.3 Å². The maximum Gasteiger partial charge on any atom is 0.433 e. The summed E-state index contributed by atoms with van der Waals surface area (Å²) < 4.78 is 38.2. The number of anilines is 1. The monoisotopic (exact) mass is 412 g/mol. The van der Waals surface area contributed by atoms with Gasteiger partial charge in [0.25, 0.3) is 0 Å². The number of rotatable bonds is 7. The van der Waals surface area contributed by atoms with Crippen LogP contribution in [0.4, 0.5) is 19.1 Å². The van der Waals surface area contributed by atoms with Crippen LogP contribution >= 0.6 is 11.8 Å². The number of hydrogen-bond donors (Lipinski definition) is 2. The van der Waals surface area contributed by atoms with Crippen molar-refractivity contribution in [3.8, 4) is 0 Å². The summed E-state index contributed by atoms with van der Waals surface area (Å²) in [7, 11) is 0. The largest absolute Gasteiger partial charge is 0.433 e. The molecule has 0 unspecified atom stereocenters. The van der Waals surface area contributed by atoms with Crippen molar-refractivity contribution in [3.05, 3.63) is 48.3 Å². The third kappa shape index (κ3) is 6.35. The van der Waals surface area contributed by atoms with Gasteiger partial charge in [-0.3, -0.25) is 0 Å². The van der Waals surface area contributed by atoms with Gasteiger partial charge in [-0.2, -0.15) is 13.2 Å². The normalized spacial score (nSPS) is 17.4. The van der Waals surface area contributed by atoms with Gasteiger partial charge in [-0.05, 0) is 31.0 Å². The highest BCUT2D eigenvalue weighted by Crippen LogP contribution is 2.28. The van der Waals surface area contributed by atoms with Crippen molar-refractivity contribution in [2.45, 2.75) is 36.1 Å². The molecule has 2 heterocycles. The first-order chi connectivity index (χ1) is 13.4. The van der Waals surface area contributed by atoms with E-state index in [0.717, 1.165) is 43.1 Å². The van der Waals surface area contributed by atoms with Crippen LogP contribution in [0.25, 0.3) is 0 Å². The van der Waals surface area contributed by atoms with Gasteiger partial charge in [0.05, 0.1) is 6.10 Å². The molecule has 2 N–H and O–H groups in total. The molecule has 0 bridgehead atoms. The molecule has 0 spiro atoms. The van der Waals surface area contributed by atoms with E-state index in [1.165, 1.54) is 0 Å². The first kappa shape index (κ1) is 20.9. The minimum atomic E-state index is -4.48. The van der Waals surface area contributed by atoms with E-state index >= 15 is 0 Å². The van der Waals surface area contributed by atoms with Gasteiger partial charge in [0.1, 0.15) is 5.69 Å². The number of nitrogens with one attached hydrogen (secondary N) is 1. The molecule has 1 saturated heterocycles. The van der Waals surface area contributed by atoms with Gasteiger partial charge in [0.15, 0.2) is 0 Å². The average Bonchev–Trinajstić information content (AvgIpc) is 2.68. The third-order valence-corrected chi connectivity index (χ3v) is 5.68. The number of aromatic nitrogens is 2. The Morgan fingerprint density at radius 3 is 2.57 bits per heavy atom. The van der Waals surface area contributed by atoms with Crippen LogP contribution in [0, 0.1) is 0 Å². The molecule has 5 nitrogen and oxygen atoms in total. The van der Waals surface area contributed by atoms with E-state index in [1.807, 2.05) is 30.3 Å². The highest BCUT2D eigenvalue weighted by atomic mass is 32.2. The maximum atomic E-state index is 12.7. The number of benzene rings is 1. The van der Waals surface area contributed by atoms with Gasteiger partial charge in [0.2, 0.25) is 5.95 Å². The van der Waals surface area contributed by atoms with Gasteiger partial charge in [-0.25, -0.2) is 9.97 Å². The predicted molar refractivity (Wildman–Crippen MR) is 103 cm³/mol. The molecule has 28 heavy (non-hydrogen) atoms. The number of aliphatic hydroxyl groups is 1. The van der Waals surface area contributed by atoms with Crippen LogP contribution in [0.2, 0.25) is 0 Å². The number of piperidine rings is 1. The zero-order valence-electron chi connectivity index (χ0n) is 15.3. The molecule has 2 aromatic rings. The van der Waals surface area contributed by atoms with E-state index in [9.17, 15) is 18.3 Å². The average molecular weight is 412 g/mol. The van der Waals surface area contributed by atoms with Crippen molar-refractivity contribution in [1.82, 2.24) is 14.9 Å². The van der Waals surface area contributed by atoms with Gasteiger partial charge >= 0.3 is 6.18 Å². The van der Waals surface area contributed by atoms with Gasteiger partial charge in [-0.15, -0.1) is 11.8 Å². The van der Waals surface area contributed by atoms with Crippen molar-refractivity contribution in [1.29, 1.82) is 0 Å². The maximum absolute atomic E-state index is 12.7. The number of likely N-dealkylation sites (tertiary alicyclic amines) is 1. The molecule has 3 rings (SSSR count). The van der Waals surface area contributed by atoms with Crippen LogP contribution in [-0.4, -0.2) is 57.5 Å². The first-order valence-corrected chi connectivity index (χ1v) is 10.1. The standard InChI is InChI=1S/C19H23F3N4OS/c20-19(21,22)17-6-9-23-18(25-17)24-14-7-10-26(11-8-14)12-15(27)13-28-16-4-2-1-3-5-16/h1-6,9,14-15,27H,7-8,10-13H2,(H,23,24,25)/t15-/m1/s1. The quantitative estimate of drug-likeness (QED) is 0.679. The van der Waals surface area contributed by atoms with Crippen molar-refractivity contribution in [3.63, 3.8) is 0 Å². The summed E-state index contributed by atoms with van der Waals surface area (Å²) in [6, 6.07) is 10.8. The Bertz CT molecular complexity index is 739. The zero-order chi connectivity index (χ0) is 20.0. The molecule has 1 aromatic carbocycles. The van der Waals surface area contributed by atoms with Crippen molar-refractivity contribution < 1.29 is 18.3 Å². The second-order valence-electron chi connectivity index (χ2n) is 6.76. The van der Waals surface area contributed by atoms with Crippen molar-refractivity contribution in [2.75, 3.05) is 30.7 Å². The molecule has 1 fully saturated rings. The predicted octanol–water partition coefficient (Wildman–Crippen LogP) is 3.52. The Morgan fingerprint density at radius 1 is 1.18 bits per heavy atom. The Morgan fingerprint density at radius 2 is 1.89 bits per heavy atom. The fourth-order valence-corrected chi connectivity index (χ4v) is 3.93. The lowest BCUT2D eigenvalue weighted by Gasteiger charge is -2.33. The lowest BCUT2D eigenvalue weighted by Crippen LogP contribution is -2.43. The highest BCUT2D eigenvalue weighted by Gasteiger charge is 2.33. The Hall–Kier alpha value is -1.84. The third-order valence-electron chi connectivity index (χ3n) is 4.52. The minimum absolute atomic E-state index is 0.00701. The summed E-state index contributed by atoms with van der Waals surface area (Å²) in [5.74, 6) is 0.632. The molecule has 1 aliphatic rings. The second kappa shape index (κ2) is 9.58.